The van der Waals surface area contributed by atoms with Crippen molar-refractivity contribution >= 4 is 80.7 Å². The van der Waals surface area contributed by atoms with Crippen LogP contribution in [-0.2, 0) is 4.46 Å². The second-order valence-corrected chi connectivity index (χ2v) is 0.848. The predicted molar refractivity (Wildman–Crippen MR) is 32.4 cm³/mol. The van der Waals surface area contributed by atoms with E-state index in [1.54, 1.807) is 0 Å². The van der Waals surface area contributed by atoms with Crippen LogP contribution in [0.1, 0.15) is 0 Å². The second-order valence-electron chi connectivity index (χ2n) is 0.283. The van der Waals surface area contributed by atoms with E-state index in [9.17, 15) is 0 Å². The summed E-state index contributed by atoms with van der Waals surface area (Å²) in [5, 5.41) is 0. The van der Waals surface area contributed by atoms with E-state index in [2.05, 4.69) is 0 Å². The van der Waals surface area contributed by atoms with Gasteiger partial charge >= 0.3 is 68.3 Å². The molecular weight excluding hydrogens is 158 g/mol. The van der Waals surface area contributed by atoms with Crippen LogP contribution in [0, 0.1) is 0 Å². The zero-order chi connectivity index (χ0) is 3.58. The summed E-state index contributed by atoms with van der Waals surface area (Å²) in [6, 6.07) is 0. The molecule has 7 heavy (non-hydrogen) atoms. The van der Waals surface area contributed by atoms with Gasteiger partial charge in [-0.1, -0.05) is 0 Å². The summed E-state index contributed by atoms with van der Waals surface area (Å²) in [4.78, 5) is 14.3. The van der Waals surface area contributed by atoms with Crippen LogP contribution in [0.5, 0.6) is 0 Å². The first-order chi connectivity index (χ1) is 1.73. The van der Waals surface area contributed by atoms with Crippen molar-refractivity contribution in [2.75, 3.05) is 0 Å². The van der Waals surface area contributed by atoms with Gasteiger partial charge in [0.25, 0.3) is 0 Å². The van der Waals surface area contributed by atoms with Crippen molar-refractivity contribution in [2.24, 2.45) is 0 Å². The molecule has 0 aromatic carbocycles. The predicted octanol–water partition coefficient (Wildman–Crippen LogP) is -2.49. The van der Waals surface area contributed by atoms with Gasteiger partial charge in [-0.2, -0.15) is 0 Å². The molecule has 7 heteroatoms. The summed E-state index contributed by atoms with van der Waals surface area (Å²) in [5.74, 6) is 0. The molecule has 0 fully saturated rings. The van der Waals surface area contributed by atoms with Crippen LogP contribution in [0.2, 0.25) is 0 Å². The second kappa shape index (κ2) is 15.7. The van der Waals surface area contributed by atoms with E-state index in [0.29, 0.717) is 0 Å². The first-order valence-electron chi connectivity index (χ1n) is 0.651. The number of hydrogen-bond donors (Lipinski definition) is 2. The van der Waals surface area contributed by atoms with E-state index in [1.807, 2.05) is 0 Å². The van der Waals surface area contributed by atoms with Gasteiger partial charge in [0.1, 0.15) is 0 Å². The Morgan fingerprint density at radius 3 is 1.14 bits per heavy atom. The molecule has 0 radical (unpaired) electrons. The summed E-state index contributed by atoms with van der Waals surface area (Å²) in [6.07, 6.45) is 0. The van der Waals surface area contributed by atoms with Crippen molar-refractivity contribution in [1.29, 1.82) is 0 Å². The Hall–Kier alpha value is 1.91. The normalized spacial score (nSPS) is 3.43. The van der Waals surface area contributed by atoms with Gasteiger partial charge < -0.3 is 9.59 Å². The Bertz CT molecular complexity index is 35.9. The molecule has 0 aliphatic rings. The molecule has 0 saturated carbocycles. The fraction of sp³-hybridized carbons (Fsp3) is 0. The zero-order valence-electron chi connectivity index (χ0n) is 2.21. The van der Waals surface area contributed by atoms with E-state index in [-0.39, 0.29) is 71.5 Å². The zero-order valence-corrected chi connectivity index (χ0v) is 4.03. The topological polar surface area (TPSA) is 57.5 Å². The molecule has 0 aromatic rings. The van der Waals surface area contributed by atoms with E-state index in [4.69, 9.17) is 14.1 Å². The molecule has 3 nitrogen and oxygen atoms in total. The van der Waals surface area contributed by atoms with Gasteiger partial charge in [-0.05, 0) is 0 Å². The van der Waals surface area contributed by atoms with Crippen molar-refractivity contribution in [3.8, 4) is 0 Å². The maximum absolute atomic E-state index is 8.74. The Kier molecular flexibility index (Phi) is 51.8. The molecular formula is H5ClNa2O3Si. The van der Waals surface area contributed by atoms with Crippen LogP contribution in [0.25, 0.3) is 0 Å². The van der Waals surface area contributed by atoms with Crippen molar-refractivity contribution in [1.82, 2.24) is 0 Å². The molecule has 2 N–H and O–H groups in total. The fourth-order valence-electron chi connectivity index (χ4n) is 0. The average molecular weight is 163 g/mol. The minimum absolute atomic E-state index is 0. The van der Waals surface area contributed by atoms with Crippen LogP contribution in [-0.4, -0.2) is 77.9 Å². The van der Waals surface area contributed by atoms with E-state index < -0.39 is 9.17 Å². The third-order valence-electron chi connectivity index (χ3n) is 0. The van der Waals surface area contributed by atoms with Gasteiger partial charge in [-0.3, -0.25) is 4.46 Å². The van der Waals surface area contributed by atoms with Gasteiger partial charge in [0, 0.05) is 0 Å². The van der Waals surface area contributed by atoms with Crippen molar-refractivity contribution in [3.63, 3.8) is 0 Å². The molecule has 0 heterocycles. The molecule has 0 aliphatic heterocycles. The van der Waals surface area contributed by atoms with E-state index in [0.717, 1.165) is 0 Å². The third kappa shape index (κ3) is 75.9. The van der Waals surface area contributed by atoms with Crippen molar-refractivity contribution in [2.45, 2.75) is 0 Å². The monoisotopic (exact) mass is 162 g/mol. The molecule has 0 rings (SSSR count). The van der Waals surface area contributed by atoms with Gasteiger partial charge in [-0.15, -0.1) is 12.4 Å². The van der Waals surface area contributed by atoms with Crippen LogP contribution in [0.4, 0.5) is 0 Å². The molecule has 0 aliphatic carbocycles. The van der Waals surface area contributed by atoms with Gasteiger partial charge in [-0.25, -0.2) is 0 Å². The molecule has 36 valence electrons. The first kappa shape index (κ1) is 23.1. The van der Waals surface area contributed by atoms with Crippen molar-refractivity contribution in [3.05, 3.63) is 0 Å². The van der Waals surface area contributed by atoms with Gasteiger partial charge in [0.15, 0.2) is 0 Å². The first-order valence-corrected chi connectivity index (χ1v) is 1.95. The van der Waals surface area contributed by atoms with Crippen LogP contribution < -0.4 is 0 Å². The molecule has 0 bridgehead atoms. The van der Waals surface area contributed by atoms with Gasteiger partial charge in [0.05, 0.1) is 0 Å². The average Bonchev–Trinajstić information content (AvgIpc) is 0.811. The van der Waals surface area contributed by atoms with E-state index in [1.165, 1.54) is 0 Å². The standard InChI is InChI=1S/ClH.2Na.H2O3Si.2H/c;;;1-4(2)3;;/h1H;;;1-2H;;. The minimum atomic E-state index is -3.13. The number of halogens is 1. The summed E-state index contributed by atoms with van der Waals surface area (Å²) >= 11 is 0. The van der Waals surface area contributed by atoms with E-state index >= 15 is 0 Å². The SMILES string of the molecule is Cl.O=[Si](O)O.[NaH].[NaH]. The molecule has 0 spiro atoms. The molecule has 0 saturated heterocycles. The molecule has 0 atom stereocenters. The Balaban J connectivity index is -0.0000000150. The van der Waals surface area contributed by atoms with Crippen LogP contribution in [0.3, 0.4) is 0 Å². The Morgan fingerprint density at radius 2 is 1.14 bits per heavy atom. The van der Waals surface area contributed by atoms with Crippen LogP contribution in [0.15, 0.2) is 0 Å². The molecule has 0 unspecified atom stereocenters. The summed E-state index contributed by atoms with van der Waals surface area (Å²) in [6.45, 7) is 0. The Morgan fingerprint density at radius 1 is 1.14 bits per heavy atom. The van der Waals surface area contributed by atoms with Gasteiger partial charge in [0.2, 0.25) is 0 Å². The molecule has 0 aromatic heterocycles. The summed E-state index contributed by atoms with van der Waals surface area (Å²) < 4.78 is 8.74. The summed E-state index contributed by atoms with van der Waals surface area (Å²) in [7, 11) is -3.13. The number of rotatable bonds is 0. The molecule has 0 amide bonds. The fourth-order valence-corrected chi connectivity index (χ4v) is 0. The quantitative estimate of drug-likeness (QED) is 0.388. The number of hydrogen-bond acceptors (Lipinski definition) is 1. The van der Waals surface area contributed by atoms with Crippen LogP contribution >= 0.6 is 12.4 Å². The van der Waals surface area contributed by atoms with Crippen molar-refractivity contribution < 1.29 is 14.1 Å². The Labute approximate surface area is 93.4 Å². The maximum atomic E-state index is 8.74. The third-order valence-corrected chi connectivity index (χ3v) is 0. The summed E-state index contributed by atoms with van der Waals surface area (Å²) in [5.41, 5.74) is 0.